The van der Waals surface area contributed by atoms with E-state index in [1.165, 1.54) is 13.8 Å². The van der Waals surface area contributed by atoms with Crippen molar-refractivity contribution in [3.05, 3.63) is 12.7 Å². The third kappa shape index (κ3) is 14.4. The SMILES string of the molecule is CCC(=O)CC(O)SCCNC(=O)CCNC(=O)[C@H](O)C(C)(C)COP(=O)(O)OP(=O)(O)OC[C@H]1O[C@@H](n2cnc3c(N)ncnc32)[C@H](O)[C@@H]1OP(=O)(O)O. The molecule has 3 unspecified atom stereocenters. The highest BCUT2D eigenvalue weighted by atomic mass is 32.2. The van der Waals surface area contributed by atoms with Gasteiger partial charge in [0.05, 0.1) is 19.5 Å². The molecule has 0 spiro atoms. The number of phosphoric acid groups is 3. The van der Waals surface area contributed by atoms with Gasteiger partial charge in [-0.2, -0.15) is 4.31 Å². The lowest BCUT2D eigenvalue weighted by Gasteiger charge is -2.30. The predicted molar refractivity (Wildman–Crippen MR) is 188 cm³/mol. The number of anilines is 1. The van der Waals surface area contributed by atoms with Crippen LogP contribution < -0.4 is 16.4 Å². The van der Waals surface area contributed by atoms with Crippen LogP contribution in [0.5, 0.6) is 0 Å². The molecule has 1 fully saturated rings. The Morgan fingerprint density at radius 3 is 2.38 bits per heavy atom. The highest BCUT2D eigenvalue weighted by Gasteiger charge is 2.50. The van der Waals surface area contributed by atoms with Crippen LogP contribution in [-0.2, 0) is 50.7 Å². The molecule has 55 heavy (non-hydrogen) atoms. The van der Waals surface area contributed by atoms with Crippen molar-refractivity contribution in [2.75, 3.05) is 37.8 Å². The van der Waals surface area contributed by atoms with E-state index in [2.05, 4.69) is 34.4 Å². The first-order valence-corrected chi connectivity index (χ1v) is 21.7. The number of Topliss-reactive ketones (excluding diaryl/α,β-unsaturated/α-hetero) is 1. The number of aliphatic hydroxyl groups is 3. The number of rotatable bonds is 23. The minimum atomic E-state index is -5.57. The lowest BCUT2D eigenvalue weighted by molar-refractivity contribution is -0.137. The van der Waals surface area contributed by atoms with Crippen molar-refractivity contribution in [2.45, 2.75) is 76.1 Å². The second kappa shape index (κ2) is 19.8. The monoisotopic (exact) mass is 867 g/mol. The Morgan fingerprint density at radius 2 is 1.73 bits per heavy atom. The fraction of sp³-hybridized carbons (Fsp3) is 0.692. The van der Waals surface area contributed by atoms with Crippen LogP contribution >= 0.6 is 35.2 Å². The number of nitrogens with two attached hydrogens (primary N) is 1. The molecule has 0 saturated carbocycles. The average Bonchev–Trinajstić information content (AvgIpc) is 3.64. The molecule has 0 radical (unpaired) electrons. The number of nitrogen functional groups attached to an aromatic ring is 1. The first kappa shape index (κ1) is 46.9. The summed E-state index contributed by atoms with van der Waals surface area (Å²) in [4.78, 5) is 86.8. The lowest BCUT2D eigenvalue weighted by atomic mass is 9.87. The van der Waals surface area contributed by atoms with E-state index >= 15 is 0 Å². The summed E-state index contributed by atoms with van der Waals surface area (Å²) >= 11 is 1.09. The highest BCUT2D eigenvalue weighted by molar-refractivity contribution is 7.99. The third-order valence-corrected chi connectivity index (χ3v) is 11.7. The third-order valence-electron chi connectivity index (χ3n) is 7.61. The Labute approximate surface area is 317 Å². The molecule has 3 heterocycles. The molecule has 11 N–H and O–H groups in total. The van der Waals surface area contributed by atoms with E-state index in [4.69, 9.17) is 19.5 Å². The van der Waals surface area contributed by atoms with E-state index < -0.39 is 90.0 Å². The predicted octanol–water partition coefficient (Wildman–Crippen LogP) is -1.17. The van der Waals surface area contributed by atoms with Crippen molar-refractivity contribution >= 4 is 69.8 Å². The van der Waals surface area contributed by atoms with Gasteiger partial charge in [0.1, 0.15) is 47.5 Å². The number of aromatic nitrogens is 4. The van der Waals surface area contributed by atoms with Crippen LogP contribution in [-0.4, -0.2) is 134 Å². The van der Waals surface area contributed by atoms with Crippen LogP contribution in [0, 0.1) is 5.41 Å². The van der Waals surface area contributed by atoms with Crippen molar-refractivity contribution in [3.63, 3.8) is 0 Å². The van der Waals surface area contributed by atoms with E-state index in [1.807, 2.05) is 0 Å². The maximum atomic E-state index is 12.7. The molecule has 3 rings (SSSR count). The first-order chi connectivity index (χ1) is 25.4. The van der Waals surface area contributed by atoms with Crippen molar-refractivity contribution in [1.29, 1.82) is 0 Å². The Morgan fingerprint density at radius 1 is 1.05 bits per heavy atom. The standard InChI is InChI=1S/C26H44N7O18P3S/c1-4-14(34)9-17(36)55-8-7-28-16(35)5-6-29-24(39)21(38)26(2,3)11-48-54(45,46)51-53(43,44)47-10-15-20(50-52(40,41)42)19(37)25(49-15)33-13-32-18-22(27)30-12-31-23(18)33/h12-13,15,17,19-21,25,36-38H,4-11H2,1-3H3,(H,28,35)(H,29,39)(H,43,44)(H,45,46)(H2,27,30,31)(H2,40,41,42)/t15-,17?,19-,20-,21+,25-/m1/s1. The number of ketones is 1. The fourth-order valence-electron chi connectivity index (χ4n) is 4.72. The Hall–Kier alpha value is -2.48. The fourth-order valence-corrected chi connectivity index (χ4v) is 8.35. The normalized spacial score (nSPS) is 22.4. The second-order valence-electron chi connectivity index (χ2n) is 12.5. The van der Waals surface area contributed by atoms with Crippen LogP contribution in [0.3, 0.4) is 0 Å². The molecule has 312 valence electrons. The number of carbonyl (C=O) groups is 3. The molecule has 29 heteroatoms. The first-order valence-electron chi connectivity index (χ1n) is 16.2. The van der Waals surface area contributed by atoms with Gasteiger partial charge in [0.2, 0.25) is 11.8 Å². The van der Waals surface area contributed by atoms with E-state index in [-0.39, 0.29) is 48.7 Å². The maximum Gasteiger partial charge on any atom is 0.481 e. The topological polar surface area (TPSA) is 384 Å². The van der Waals surface area contributed by atoms with E-state index in [1.54, 1.807) is 6.92 Å². The van der Waals surface area contributed by atoms with Gasteiger partial charge in [0, 0.05) is 43.5 Å². The second-order valence-corrected chi connectivity index (χ2v) is 18.0. The van der Waals surface area contributed by atoms with Crippen LogP contribution in [0.15, 0.2) is 12.7 Å². The summed E-state index contributed by atoms with van der Waals surface area (Å²) in [6.45, 7) is 2.09. The average molecular weight is 868 g/mol. The van der Waals surface area contributed by atoms with Crippen molar-refractivity contribution in [1.82, 2.24) is 30.2 Å². The van der Waals surface area contributed by atoms with Gasteiger partial charge in [-0.05, 0) is 0 Å². The zero-order valence-corrected chi connectivity index (χ0v) is 33.0. The number of hydrogen-bond donors (Lipinski definition) is 10. The van der Waals surface area contributed by atoms with Gasteiger partial charge in [0.15, 0.2) is 17.7 Å². The summed E-state index contributed by atoms with van der Waals surface area (Å²) in [6.07, 6.45) is -6.67. The summed E-state index contributed by atoms with van der Waals surface area (Å²) in [5.41, 5.74) is 3.34. The number of fused-ring (bicyclic) bond motifs is 1. The highest BCUT2D eigenvalue weighted by Crippen LogP contribution is 2.61. The van der Waals surface area contributed by atoms with E-state index in [0.717, 1.165) is 29.0 Å². The summed E-state index contributed by atoms with van der Waals surface area (Å²) in [5, 5.41) is 36.1. The van der Waals surface area contributed by atoms with E-state index in [9.17, 15) is 63.0 Å². The Balaban J connectivity index is 1.49. The largest absolute Gasteiger partial charge is 0.481 e. The van der Waals surface area contributed by atoms with Crippen LogP contribution in [0.25, 0.3) is 11.2 Å². The van der Waals surface area contributed by atoms with Crippen molar-refractivity contribution in [2.24, 2.45) is 5.41 Å². The Kier molecular flexibility index (Phi) is 16.9. The van der Waals surface area contributed by atoms with Gasteiger partial charge >= 0.3 is 23.5 Å². The molecule has 1 aliphatic heterocycles. The van der Waals surface area contributed by atoms with Crippen LogP contribution in [0.1, 0.15) is 46.3 Å². The van der Waals surface area contributed by atoms with Crippen molar-refractivity contribution < 1.29 is 85.6 Å². The van der Waals surface area contributed by atoms with E-state index in [0.29, 0.717) is 12.2 Å². The number of hydrogen-bond acceptors (Lipinski definition) is 19. The molecular formula is C26H44N7O18P3S. The molecule has 0 bridgehead atoms. The molecule has 25 nitrogen and oxygen atoms in total. The Bertz CT molecular complexity index is 1800. The summed E-state index contributed by atoms with van der Waals surface area (Å²) in [7, 11) is -16.4. The number of nitrogens with zero attached hydrogens (tertiary/aromatic N) is 4. The minimum absolute atomic E-state index is 0.00298. The number of phosphoric ester groups is 3. The van der Waals surface area contributed by atoms with Gasteiger partial charge in [-0.3, -0.25) is 32.5 Å². The zero-order chi connectivity index (χ0) is 41.4. The van der Waals surface area contributed by atoms with Crippen LogP contribution in [0.2, 0.25) is 0 Å². The number of aliphatic hydroxyl groups excluding tert-OH is 3. The van der Waals surface area contributed by atoms with Crippen LogP contribution in [0.4, 0.5) is 5.82 Å². The number of amides is 2. The number of nitrogens with one attached hydrogen (secondary N) is 2. The van der Waals surface area contributed by atoms with Crippen molar-refractivity contribution in [3.8, 4) is 0 Å². The number of ether oxygens (including phenoxy) is 1. The maximum absolute atomic E-state index is 12.7. The minimum Gasteiger partial charge on any atom is -0.386 e. The van der Waals surface area contributed by atoms with Gasteiger partial charge < -0.3 is 56.0 Å². The molecule has 1 aliphatic rings. The molecule has 8 atom stereocenters. The van der Waals surface area contributed by atoms with Gasteiger partial charge in [0.25, 0.3) is 0 Å². The summed E-state index contributed by atoms with van der Waals surface area (Å²) in [6, 6.07) is 0. The smallest absolute Gasteiger partial charge is 0.386 e. The number of imidazole rings is 1. The van der Waals surface area contributed by atoms with Gasteiger partial charge in [-0.1, -0.05) is 20.8 Å². The molecule has 2 aromatic heterocycles. The number of carbonyl (C=O) groups excluding carboxylic acids is 3. The number of thioether (sulfide) groups is 1. The zero-order valence-electron chi connectivity index (χ0n) is 29.5. The quantitative estimate of drug-likeness (QED) is 0.0357. The molecule has 0 aliphatic carbocycles. The van der Waals surface area contributed by atoms with Gasteiger partial charge in [-0.15, -0.1) is 11.8 Å². The molecule has 1 saturated heterocycles. The summed E-state index contributed by atoms with van der Waals surface area (Å²) < 4.78 is 62.0. The molecular weight excluding hydrogens is 823 g/mol. The molecule has 2 aromatic rings. The molecule has 2 amide bonds. The molecule has 0 aromatic carbocycles. The van der Waals surface area contributed by atoms with Gasteiger partial charge in [-0.25, -0.2) is 28.6 Å². The summed E-state index contributed by atoms with van der Waals surface area (Å²) in [5.74, 6) is -1.27. The lowest BCUT2D eigenvalue weighted by Crippen LogP contribution is -2.46.